The number of benzene rings is 2. The molecule has 0 spiro atoms. The second kappa shape index (κ2) is 9.51. The van der Waals surface area contributed by atoms with Crippen LogP contribution < -0.4 is 21.1 Å². The lowest BCUT2D eigenvalue weighted by molar-refractivity contribution is -0.118. The van der Waals surface area contributed by atoms with E-state index in [0.29, 0.717) is 33.9 Å². The highest BCUT2D eigenvalue weighted by atomic mass is 16.5. The highest BCUT2D eigenvalue weighted by Crippen LogP contribution is 2.36. The van der Waals surface area contributed by atoms with Crippen LogP contribution in [0.15, 0.2) is 54.7 Å². The molecule has 166 valence electrons. The summed E-state index contributed by atoms with van der Waals surface area (Å²) in [4.78, 5) is 31.2. The number of pyridine rings is 1. The molecule has 0 bridgehead atoms. The Hall–Kier alpha value is -3.87. The van der Waals surface area contributed by atoms with Crippen LogP contribution in [0.25, 0.3) is 11.3 Å². The molecule has 3 rings (SSSR count). The number of carbonyl (C=O) groups is 2. The van der Waals surface area contributed by atoms with Crippen molar-refractivity contribution < 1.29 is 14.3 Å². The molecule has 1 aromatic heterocycles. The van der Waals surface area contributed by atoms with Gasteiger partial charge in [0.25, 0.3) is 5.91 Å². The Morgan fingerprint density at radius 1 is 1.12 bits per heavy atom. The Morgan fingerprint density at radius 2 is 1.88 bits per heavy atom. The van der Waals surface area contributed by atoms with Gasteiger partial charge in [-0.1, -0.05) is 18.2 Å². The lowest BCUT2D eigenvalue weighted by atomic mass is 9.97. The third-order valence-corrected chi connectivity index (χ3v) is 5.35. The average molecular weight is 433 g/mol. The van der Waals surface area contributed by atoms with Gasteiger partial charge in [-0.2, -0.15) is 0 Å². The van der Waals surface area contributed by atoms with Crippen molar-refractivity contribution in [2.75, 3.05) is 17.7 Å². The van der Waals surface area contributed by atoms with E-state index in [1.54, 1.807) is 36.4 Å². The summed E-state index contributed by atoms with van der Waals surface area (Å²) in [5, 5.41) is 0. The van der Waals surface area contributed by atoms with Crippen LogP contribution in [0.3, 0.4) is 0 Å². The van der Waals surface area contributed by atoms with E-state index in [9.17, 15) is 9.59 Å². The molecule has 0 aliphatic rings. The molecule has 0 aliphatic heterocycles. The normalized spacial score (nSPS) is 10.8. The SMILES string of the molecule is COc1cccc(CC(=O)N(c2ccc(-c3ncccc3C(N)=O)c(C)c2N)C(C)C)c1. The second-order valence-corrected chi connectivity index (χ2v) is 7.82. The Bertz CT molecular complexity index is 1160. The largest absolute Gasteiger partial charge is 0.497 e. The number of hydrogen-bond acceptors (Lipinski definition) is 5. The van der Waals surface area contributed by atoms with Gasteiger partial charge in [-0.15, -0.1) is 0 Å². The fourth-order valence-corrected chi connectivity index (χ4v) is 3.74. The number of ether oxygens (including phenoxy) is 1. The Morgan fingerprint density at radius 3 is 2.53 bits per heavy atom. The number of primary amides is 1. The summed E-state index contributed by atoms with van der Waals surface area (Å²) in [6, 6.07) is 14.2. The summed E-state index contributed by atoms with van der Waals surface area (Å²) in [6.07, 6.45) is 1.81. The first-order valence-electron chi connectivity index (χ1n) is 10.3. The van der Waals surface area contributed by atoms with E-state index in [2.05, 4.69) is 4.98 Å². The molecule has 1 heterocycles. The van der Waals surface area contributed by atoms with Crippen molar-refractivity contribution in [3.05, 3.63) is 71.4 Å². The predicted molar refractivity (Wildman–Crippen MR) is 127 cm³/mol. The van der Waals surface area contributed by atoms with Crippen LogP contribution in [0.4, 0.5) is 11.4 Å². The van der Waals surface area contributed by atoms with Crippen molar-refractivity contribution in [2.24, 2.45) is 5.73 Å². The highest BCUT2D eigenvalue weighted by molar-refractivity contribution is 6.02. The monoisotopic (exact) mass is 432 g/mol. The van der Waals surface area contributed by atoms with Gasteiger partial charge >= 0.3 is 0 Å². The second-order valence-electron chi connectivity index (χ2n) is 7.82. The summed E-state index contributed by atoms with van der Waals surface area (Å²) in [5.74, 6) is 0.0573. The summed E-state index contributed by atoms with van der Waals surface area (Å²) in [5.41, 5.74) is 16.2. The van der Waals surface area contributed by atoms with Gasteiger partial charge in [-0.25, -0.2) is 0 Å². The van der Waals surface area contributed by atoms with Crippen molar-refractivity contribution >= 4 is 23.2 Å². The van der Waals surface area contributed by atoms with E-state index in [4.69, 9.17) is 16.2 Å². The maximum atomic E-state index is 13.3. The minimum Gasteiger partial charge on any atom is -0.497 e. The number of rotatable bonds is 7. The van der Waals surface area contributed by atoms with Crippen LogP contribution in [-0.4, -0.2) is 29.9 Å². The molecule has 2 amide bonds. The van der Waals surface area contributed by atoms with E-state index < -0.39 is 5.91 Å². The lowest BCUT2D eigenvalue weighted by Crippen LogP contribution is -2.38. The molecule has 7 heteroatoms. The van der Waals surface area contributed by atoms with Gasteiger partial charge in [0.1, 0.15) is 5.75 Å². The molecule has 2 aromatic carbocycles. The molecule has 7 nitrogen and oxygen atoms in total. The molecule has 0 fully saturated rings. The zero-order valence-electron chi connectivity index (χ0n) is 18.8. The maximum absolute atomic E-state index is 13.3. The van der Waals surface area contributed by atoms with Crippen LogP contribution >= 0.6 is 0 Å². The molecule has 0 unspecified atom stereocenters. The molecule has 0 radical (unpaired) electrons. The molecular weight excluding hydrogens is 404 g/mol. The van der Waals surface area contributed by atoms with E-state index in [-0.39, 0.29) is 18.4 Å². The summed E-state index contributed by atoms with van der Waals surface area (Å²) < 4.78 is 5.26. The van der Waals surface area contributed by atoms with Crippen molar-refractivity contribution in [3.8, 4) is 17.0 Å². The van der Waals surface area contributed by atoms with Crippen molar-refractivity contribution in [1.29, 1.82) is 0 Å². The topological polar surface area (TPSA) is 112 Å². The van der Waals surface area contributed by atoms with E-state index >= 15 is 0 Å². The number of nitrogen functional groups attached to an aromatic ring is 1. The van der Waals surface area contributed by atoms with Gasteiger partial charge in [0.05, 0.1) is 36.2 Å². The number of nitrogens with two attached hydrogens (primary N) is 2. The zero-order chi connectivity index (χ0) is 23.4. The van der Waals surface area contributed by atoms with Gasteiger partial charge < -0.3 is 21.1 Å². The smallest absolute Gasteiger partial charge is 0.250 e. The average Bonchev–Trinajstić information content (AvgIpc) is 2.77. The molecule has 32 heavy (non-hydrogen) atoms. The van der Waals surface area contributed by atoms with Gasteiger partial charge in [-0.05, 0) is 62.2 Å². The van der Waals surface area contributed by atoms with Crippen molar-refractivity contribution in [1.82, 2.24) is 4.98 Å². The Balaban J connectivity index is 2.00. The van der Waals surface area contributed by atoms with Crippen LogP contribution in [-0.2, 0) is 11.2 Å². The van der Waals surface area contributed by atoms with E-state index in [1.165, 1.54) is 0 Å². The number of methoxy groups -OCH3 is 1. The van der Waals surface area contributed by atoms with Crippen molar-refractivity contribution in [2.45, 2.75) is 33.2 Å². The maximum Gasteiger partial charge on any atom is 0.250 e. The summed E-state index contributed by atoms with van der Waals surface area (Å²) in [6.45, 7) is 5.73. The van der Waals surface area contributed by atoms with Gasteiger partial charge in [-0.3, -0.25) is 14.6 Å². The molecule has 0 atom stereocenters. The van der Waals surface area contributed by atoms with Crippen molar-refractivity contribution in [3.63, 3.8) is 0 Å². The predicted octanol–water partition coefficient (Wildman–Crippen LogP) is 3.73. The fraction of sp³-hybridized carbons (Fsp3) is 0.240. The molecule has 4 N–H and O–H groups in total. The Labute approximate surface area is 188 Å². The first kappa shape index (κ1) is 22.8. The fourth-order valence-electron chi connectivity index (χ4n) is 3.74. The molecule has 0 saturated carbocycles. The van der Waals surface area contributed by atoms with Crippen LogP contribution in [0.2, 0.25) is 0 Å². The number of anilines is 2. The van der Waals surface area contributed by atoms with E-state index in [0.717, 1.165) is 11.1 Å². The highest BCUT2D eigenvalue weighted by Gasteiger charge is 2.24. The number of aromatic nitrogens is 1. The summed E-state index contributed by atoms with van der Waals surface area (Å²) in [7, 11) is 1.59. The Kier molecular flexibility index (Phi) is 6.78. The molecular formula is C25H28N4O3. The van der Waals surface area contributed by atoms with Crippen LogP contribution in [0.1, 0.15) is 35.3 Å². The third kappa shape index (κ3) is 4.56. The van der Waals surface area contributed by atoms with Crippen LogP contribution in [0.5, 0.6) is 5.75 Å². The van der Waals surface area contributed by atoms with Gasteiger partial charge in [0, 0.05) is 17.8 Å². The van der Waals surface area contributed by atoms with Crippen LogP contribution in [0, 0.1) is 6.92 Å². The lowest BCUT2D eigenvalue weighted by Gasteiger charge is -2.29. The minimum atomic E-state index is -0.563. The van der Waals surface area contributed by atoms with E-state index in [1.807, 2.05) is 51.1 Å². The zero-order valence-corrected chi connectivity index (χ0v) is 18.8. The standard InChI is InChI=1S/C25H28N4O3/c1-15(2)29(22(30)14-17-7-5-8-18(13-17)32-4)21-11-10-19(16(3)23(21)26)24-20(25(27)31)9-6-12-28-24/h5-13,15H,14,26H2,1-4H3,(H2,27,31). The first-order chi connectivity index (χ1) is 15.2. The first-order valence-corrected chi connectivity index (χ1v) is 10.3. The number of carbonyl (C=O) groups excluding carboxylic acids is 2. The number of nitrogens with zero attached hydrogens (tertiary/aromatic N) is 2. The molecule has 0 saturated heterocycles. The number of hydrogen-bond donors (Lipinski definition) is 2. The summed E-state index contributed by atoms with van der Waals surface area (Å²) >= 11 is 0. The van der Waals surface area contributed by atoms with Gasteiger partial charge in [0.2, 0.25) is 5.91 Å². The molecule has 0 aliphatic carbocycles. The third-order valence-electron chi connectivity index (χ3n) is 5.35. The number of amides is 2. The minimum absolute atomic E-state index is 0.0808. The molecule has 3 aromatic rings. The quantitative estimate of drug-likeness (QED) is 0.553. The van der Waals surface area contributed by atoms with Gasteiger partial charge in [0.15, 0.2) is 0 Å².